The van der Waals surface area contributed by atoms with Crippen molar-refractivity contribution in [3.05, 3.63) is 41.5 Å². The molecule has 1 heterocycles. The van der Waals surface area contributed by atoms with Crippen LogP contribution in [0.2, 0.25) is 0 Å². The molecule has 4 nitrogen and oxygen atoms in total. The maximum Gasteiger partial charge on any atom is 0.257 e. The Bertz CT molecular complexity index is 577. The van der Waals surface area contributed by atoms with Crippen LogP contribution in [0, 0.1) is 5.92 Å². The number of phenolic OH excluding ortho intramolecular Hbond substituents is 1. The highest BCUT2D eigenvalue weighted by Gasteiger charge is 2.43. The monoisotopic (exact) mass is 257 g/mol. The molecule has 0 saturated carbocycles. The summed E-state index contributed by atoms with van der Waals surface area (Å²) in [5, 5.41) is 9.74. The van der Waals surface area contributed by atoms with Crippen molar-refractivity contribution >= 4 is 11.8 Å². The van der Waals surface area contributed by atoms with E-state index in [0.717, 1.165) is 19.3 Å². The lowest BCUT2D eigenvalue weighted by Gasteiger charge is -2.15. The molecule has 0 radical (unpaired) electrons. The Morgan fingerprint density at radius 2 is 2.05 bits per heavy atom. The summed E-state index contributed by atoms with van der Waals surface area (Å²) in [6, 6.07) is 6.79. The molecular weight excluding hydrogens is 242 g/mol. The summed E-state index contributed by atoms with van der Waals surface area (Å²) in [6.07, 6.45) is 4.47. The normalized spacial score (nSPS) is 22.4. The van der Waals surface area contributed by atoms with Gasteiger partial charge in [-0.3, -0.25) is 14.5 Å². The number of phenols is 1. The minimum Gasteiger partial charge on any atom is -0.508 e. The molecule has 1 atom stereocenters. The van der Waals surface area contributed by atoms with Crippen molar-refractivity contribution in [1.29, 1.82) is 0 Å². The average Bonchev–Trinajstić information content (AvgIpc) is 2.67. The van der Waals surface area contributed by atoms with E-state index in [4.69, 9.17) is 0 Å². The number of amides is 2. The number of benzene rings is 1. The van der Waals surface area contributed by atoms with E-state index in [1.807, 2.05) is 6.08 Å². The predicted molar refractivity (Wildman–Crippen MR) is 69.1 cm³/mol. The van der Waals surface area contributed by atoms with Crippen molar-refractivity contribution in [3.8, 4) is 5.75 Å². The van der Waals surface area contributed by atoms with Gasteiger partial charge in [0.1, 0.15) is 5.75 Å². The van der Waals surface area contributed by atoms with Crippen molar-refractivity contribution in [2.24, 2.45) is 5.92 Å². The third-order valence-corrected chi connectivity index (χ3v) is 3.81. The molecule has 98 valence electrons. The van der Waals surface area contributed by atoms with Gasteiger partial charge in [0.25, 0.3) is 5.91 Å². The Morgan fingerprint density at radius 3 is 2.79 bits per heavy atom. The van der Waals surface area contributed by atoms with Crippen molar-refractivity contribution in [1.82, 2.24) is 4.90 Å². The standard InChI is InChI=1S/C15H15NO3/c17-13-8-4-1-5-10(13)9-16-14(18)11-6-2-3-7-12(11)15(16)19/h1,4-6,8,12,17H,2-3,7,9H2. The molecule has 1 fully saturated rings. The zero-order chi connectivity index (χ0) is 13.4. The van der Waals surface area contributed by atoms with Gasteiger partial charge in [0.2, 0.25) is 5.91 Å². The lowest BCUT2D eigenvalue weighted by Crippen LogP contribution is -2.30. The van der Waals surface area contributed by atoms with E-state index < -0.39 is 0 Å². The molecule has 2 aliphatic rings. The van der Waals surface area contributed by atoms with Gasteiger partial charge in [0.15, 0.2) is 0 Å². The average molecular weight is 257 g/mol. The second-order valence-corrected chi connectivity index (χ2v) is 5.00. The maximum absolute atomic E-state index is 12.2. The van der Waals surface area contributed by atoms with Gasteiger partial charge in [-0.15, -0.1) is 0 Å². The van der Waals surface area contributed by atoms with E-state index in [9.17, 15) is 14.7 Å². The predicted octanol–water partition coefficient (Wildman–Crippen LogP) is 1.99. The first-order valence-electron chi connectivity index (χ1n) is 6.51. The third-order valence-electron chi connectivity index (χ3n) is 3.81. The summed E-state index contributed by atoms with van der Waals surface area (Å²) >= 11 is 0. The molecule has 3 rings (SSSR count). The quantitative estimate of drug-likeness (QED) is 0.824. The summed E-state index contributed by atoms with van der Waals surface area (Å²) in [7, 11) is 0. The van der Waals surface area contributed by atoms with Gasteiger partial charge in [-0.2, -0.15) is 0 Å². The minimum atomic E-state index is -0.257. The molecule has 2 amide bonds. The highest BCUT2D eigenvalue weighted by Crippen LogP contribution is 2.35. The van der Waals surface area contributed by atoms with E-state index in [1.165, 1.54) is 4.90 Å². The fourth-order valence-corrected chi connectivity index (χ4v) is 2.78. The van der Waals surface area contributed by atoms with Crippen molar-refractivity contribution in [2.45, 2.75) is 25.8 Å². The first kappa shape index (κ1) is 12.0. The number of hydrogen-bond acceptors (Lipinski definition) is 3. The van der Waals surface area contributed by atoms with Crippen LogP contribution in [0.3, 0.4) is 0 Å². The number of fused-ring (bicyclic) bond motifs is 1. The number of rotatable bonds is 2. The zero-order valence-electron chi connectivity index (χ0n) is 10.5. The molecule has 1 aliphatic carbocycles. The van der Waals surface area contributed by atoms with Crippen molar-refractivity contribution < 1.29 is 14.7 Å². The smallest absolute Gasteiger partial charge is 0.257 e. The lowest BCUT2D eigenvalue weighted by molar-refractivity contribution is -0.139. The van der Waals surface area contributed by atoms with Crippen molar-refractivity contribution in [2.75, 3.05) is 0 Å². The molecule has 1 saturated heterocycles. The molecule has 19 heavy (non-hydrogen) atoms. The van der Waals surface area contributed by atoms with E-state index in [2.05, 4.69) is 0 Å². The number of carbonyl (C=O) groups excluding carboxylic acids is 2. The van der Waals surface area contributed by atoms with Crippen LogP contribution in [0.15, 0.2) is 35.9 Å². The van der Waals surface area contributed by atoms with E-state index in [1.54, 1.807) is 24.3 Å². The Balaban J connectivity index is 1.88. The van der Waals surface area contributed by atoms with E-state index >= 15 is 0 Å². The Morgan fingerprint density at radius 1 is 1.26 bits per heavy atom. The number of imide groups is 1. The summed E-state index contributed by atoms with van der Waals surface area (Å²) in [4.78, 5) is 25.7. The molecular formula is C15H15NO3. The van der Waals surface area contributed by atoms with Gasteiger partial charge in [0, 0.05) is 11.1 Å². The van der Waals surface area contributed by atoms with E-state index in [-0.39, 0.29) is 30.0 Å². The summed E-state index contributed by atoms with van der Waals surface area (Å²) in [5.74, 6) is -0.462. The summed E-state index contributed by atoms with van der Waals surface area (Å²) in [5.41, 5.74) is 1.25. The topological polar surface area (TPSA) is 57.6 Å². The van der Waals surface area contributed by atoms with E-state index in [0.29, 0.717) is 11.1 Å². The minimum absolute atomic E-state index is 0.118. The molecule has 1 aromatic carbocycles. The second kappa shape index (κ2) is 4.53. The number of carbonyl (C=O) groups is 2. The van der Waals surface area contributed by atoms with Crippen LogP contribution in [0.1, 0.15) is 24.8 Å². The lowest BCUT2D eigenvalue weighted by atomic mass is 9.90. The summed E-state index contributed by atoms with van der Waals surface area (Å²) in [6.45, 7) is 0.151. The van der Waals surface area contributed by atoms with Gasteiger partial charge in [-0.1, -0.05) is 24.3 Å². The molecule has 4 heteroatoms. The third kappa shape index (κ3) is 1.93. The number of para-hydroxylation sites is 1. The van der Waals surface area contributed by atoms with Gasteiger partial charge in [-0.25, -0.2) is 0 Å². The van der Waals surface area contributed by atoms with Crippen LogP contribution in [0.4, 0.5) is 0 Å². The van der Waals surface area contributed by atoms with Gasteiger partial charge < -0.3 is 5.11 Å². The van der Waals surface area contributed by atoms with Gasteiger partial charge >= 0.3 is 0 Å². The Labute approximate surface area is 111 Å². The number of hydrogen-bond donors (Lipinski definition) is 1. The fraction of sp³-hybridized carbons (Fsp3) is 0.333. The molecule has 0 bridgehead atoms. The van der Waals surface area contributed by atoms with Gasteiger partial charge in [-0.05, 0) is 25.3 Å². The molecule has 1 aliphatic heterocycles. The first-order valence-corrected chi connectivity index (χ1v) is 6.51. The van der Waals surface area contributed by atoms with Crippen LogP contribution < -0.4 is 0 Å². The zero-order valence-corrected chi connectivity index (χ0v) is 10.5. The Hall–Kier alpha value is -2.10. The molecule has 0 spiro atoms. The Kier molecular flexibility index (Phi) is 2.85. The SMILES string of the molecule is O=C1C2=CCCCC2C(=O)N1Cc1ccccc1O. The molecule has 1 unspecified atom stereocenters. The highest BCUT2D eigenvalue weighted by atomic mass is 16.3. The first-order chi connectivity index (χ1) is 9.18. The van der Waals surface area contributed by atoms with Crippen molar-refractivity contribution in [3.63, 3.8) is 0 Å². The fourth-order valence-electron chi connectivity index (χ4n) is 2.78. The molecule has 0 aromatic heterocycles. The van der Waals surface area contributed by atoms with Crippen LogP contribution in [0.5, 0.6) is 5.75 Å². The van der Waals surface area contributed by atoms with Crippen LogP contribution >= 0.6 is 0 Å². The number of allylic oxidation sites excluding steroid dienone is 1. The molecule has 1 N–H and O–H groups in total. The number of aromatic hydroxyl groups is 1. The second-order valence-electron chi connectivity index (χ2n) is 5.00. The largest absolute Gasteiger partial charge is 0.508 e. The van der Waals surface area contributed by atoms with Crippen LogP contribution in [-0.2, 0) is 16.1 Å². The summed E-state index contributed by atoms with van der Waals surface area (Å²) < 4.78 is 0. The van der Waals surface area contributed by atoms with Crippen LogP contribution in [-0.4, -0.2) is 21.8 Å². The van der Waals surface area contributed by atoms with Gasteiger partial charge in [0.05, 0.1) is 12.5 Å². The maximum atomic E-state index is 12.2. The highest BCUT2D eigenvalue weighted by molar-refractivity contribution is 6.14. The number of likely N-dealkylation sites (tertiary alicyclic amines) is 1. The molecule has 1 aromatic rings. The number of nitrogens with zero attached hydrogens (tertiary/aromatic N) is 1. The van der Waals surface area contributed by atoms with Crippen LogP contribution in [0.25, 0.3) is 0 Å².